The van der Waals surface area contributed by atoms with Gasteiger partial charge in [0.25, 0.3) is 0 Å². The largest absolute Gasteiger partial charge is 0.497 e. The molecule has 0 spiro atoms. The Bertz CT molecular complexity index is 644. The molecule has 1 aromatic rings. The van der Waals surface area contributed by atoms with Gasteiger partial charge in [-0.05, 0) is 38.8 Å². The smallest absolute Gasteiger partial charge is 0.191 e. The third-order valence-electron chi connectivity index (χ3n) is 5.73. The Labute approximate surface area is 169 Å². The predicted molar refractivity (Wildman–Crippen MR) is 115 cm³/mol. The Hall–Kier alpha value is -2.15. The predicted octanol–water partition coefficient (Wildman–Crippen LogP) is 1.79. The number of hydrogen-bond donors (Lipinski definition) is 2. The quantitative estimate of drug-likeness (QED) is 0.571. The average Bonchev–Trinajstić information content (AvgIpc) is 3.19. The van der Waals surface area contributed by atoms with Crippen LogP contribution in [0.2, 0.25) is 0 Å². The molecule has 156 valence electrons. The second-order valence-electron chi connectivity index (χ2n) is 7.87. The number of hydrogen-bond acceptors (Lipinski definition) is 5. The number of anilines is 1. The molecule has 3 rings (SSSR count). The van der Waals surface area contributed by atoms with Gasteiger partial charge in [-0.2, -0.15) is 0 Å². The number of methoxy groups -OCH3 is 2. The normalized spacial score (nSPS) is 23.6. The molecule has 0 saturated carbocycles. The van der Waals surface area contributed by atoms with Crippen molar-refractivity contribution in [3.63, 3.8) is 0 Å². The number of benzene rings is 1. The van der Waals surface area contributed by atoms with Crippen molar-refractivity contribution >= 4 is 11.6 Å². The Morgan fingerprint density at radius 3 is 2.50 bits per heavy atom. The van der Waals surface area contributed by atoms with Crippen LogP contribution in [-0.2, 0) is 0 Å². The number of rotatable bonds is 6. The first-order chi connectivity index (χ1) is 13.6. The van der Waals surface area contributed by atoms with Crippen molar-refractivity contribution < 1.29 is 9.47 Å². The maximum atomic E-state index is 5.41. The van der Waals surface area contributed by atoms with Gasteiger partial charge in [0.05, 0.1) is 14.2 Å². The van der Waals surface area contributed by atoms with E-state index in [2.05, 4.69) is 44.6 Å². The summed E-state index contributed by atoms with van der Waals surface area (Å²) in [7, 11) is 7.43. The highest BCUT2D eigenvalue weighted by atomic mass is 16.5. The Kier molecular flexibility index (Phi) is 7.25. The zero-order valence-corrected chi connectivity index (χ0v) is 17.7. The van der Waals surface area contributed by atoms with Gasteiger partial charge in [0.2, 0.25) is 0 Å². The summed E-state index contributed by atoms with van der Waals surface area (Å²) in [5.74, 6) is 3.24. The van der Waals surface area contributed by atoms with Gasteiger partial charge in [-0.1, -0.05) is 0 Å². The van der Waals surface area contributed by atoms with E-state index in [1.165, 1.54) is 25.9 Å². The van der Waals surface area contributed by atoms with Gasteiger partial charge in [-0.15, -0.1) is 0 Å². The molecule has 1 aromatic carbocycles. The Balaban J connectivity index is 1.52. The second kappa shape index (κ2) is 9.87. The molecule has 0 aliphatic carbocycles. The maximum absolute atomic E-state index is 5.41. The zero-order chi connectivity index (χ0) is 19.9. The van der Waals surface area contributed by atoms with E-state index in [0.29, 0.717) is 12.0 Å². The molecular formula is C21H35N5O2. The van der Waals surface area contributed by atoms with Crippen molar-refractivity contribution in [1.82, 2.24) is 15.5 Å². The topological polar surface area (TPSA) is 61.4 Å². The van der Waals surface area contributed by atoms with Gasteiger partial charge in [0.15, 0.2) is 5.96 Å². The van der Waals surface area contributed by atoms with Crippen LogP contribution in [0, 0.1) is 5.92 Å². The van der Waals surface area contributed by atoms with Gasteiger partial charge in [-0.3, -0.25) is 4.99 Å². The minimum absolute atomic E-state index is 0.373. The lowest BCUT2D eigenvalue weighted by atomic mass is 9.99. The second-order valence-corrected chi connectivity index (χ2v) is 7.87. The van der Waals surface area contributed by atoms with Gasteiger partial charge >= 0.3 is 0 Å². The molecule has 0 bridgehead atoms. The summed E-state index contributed by atoms with van der Waals surface area (Å²) in [5, 5.41) is 7.13. The molecular weight excluding hydrogens is 354 g/mol. The van der Waals surface area contributed by atoms with Crippen molar-refractivity contribution in [2.24, 2.45) is 10.9 Å². The van der Waals surface area contributed by atoms with Gasteiger partial charge in [0.1, 0.15) is 11.5 Å². The minimum atomic E-state index is 0.373. The third kappa shape index (κ3) is 5.44. The third-order valence-corrected chi connectivity index (χ3v) is 5.73. The lowest BCUT2D eigenvalue weighted by Crippen LogP contribution is -2.47. The number of nitrogens with zero attached hydrogens (tertiary/aromatic N) is 3. The van der Waals surface area contributed by atoms with Crippen molar-refractivity contribution in [2.75, 3.05) is 65.9 Å². The van der Waals surface area contributed by atoms with Crippen LogP contribution in [0.3, 0.4) is 0 Å². The van der Waals surface area contributed by atoms with Gasteiger partial charge in [0, 0.05) is 63.2 Å². The molecule has 2 N–H and O–H groups in total. The van der Waals surface area contributed by atoms with E-state index in [-0.39, 0.29) is 0 Å². The monoisotopic (exact) mass is 389 g/mol. The summed E-state index contributed by atoms with van der Waals surface area (Å²) in [4.78, 5) is 9.22. The van der Waals surface area contributed by atoms with Crippen LogP contribution in [0.5, 0.6) is 11.5 Å². The minimum Gasteiger partial charge on any atom is -0.497 e. The van der Waals surface area contributed by atoms with E-state index in [1.54, 1.807) is 14.2 Å². The van der Waals surface area contributed by atoms with Crippen LogP contribution >= 0.6 is 0 Å². The van der Waals surface area contributed by atoms with Crippen molar-refractivity contribution in [1.29, 1.82) is 0 Å². The van der Waals surface area contributed by atoms with Crippen molar-refractivity contribution in [3.05, 3.63) is 18.2 Å². The Morgan fingerprint density at radius 2 is 1.86 bits per heavy atom. The maximum Gasteiger partial charge on any atom is 0.191 e. The van der Waals surface area contributed by atoms with E-state index in [9.17, 15) is 0 Å². The van der Waals surface area contributed by atoms with Crippen LogP contribution in [0.15, 0.2) is 23.2 Å². The SMILES string of the molecule is CN=C(NCC1CCCN(C)C1)NC1CCN(c2cc(OC)cc(OC)c2)C1. The van der Waals surface area contributed by atoms with E-state index in [0.717, 1.165) is 49.2 Å². The summed E-state index contributed by atoms with van der Waals surface area (Å²) in [6.45, 7) is 5.30. The average molecular weight is 390 g/mol. The molecule has 2 saturated heterocycles. The van der Waals surface area contributed by atoms with Crippen molar-refractivity contribution in [3.8, 4) is 11.5 Å². The van der Waals surface area contributed by atoms with E-state index < -0.39 is 0 Å². The molecule has 7 heteroatoms. The molecule has 28 heavy (non-hydrogen) atoms. The molecule has 0 aromatic heterocycles. The standard InChI is InChI=1S/C21H35N5O2/c1-22-21(23-13-16-6-5-8-25(2)14-16)24-17-7-9-26(15-17)18-10-19(27-3)12-20(11-18)28-4/h10-12,16-17H,5-9,13-15H2,1-4H3,(H2,22,23,24). The molecule has 2 fully saturated rings. The Morgan fingerprint density at radius 1 is 1.11 bits per heavy atom. The number of piperidine rings is 1. The molecule has 0 amide bonds. The molecule has 2 aliphatic heterocycles. The number of likely N-dealkylation sites (tertiary alicyclic amines) is 1. The fourth-order valence-electron chi connectivity index (χ4n) is 4.16. The van der Waals surface area contributed by atoms with Gasteiger partial charge in [-0.25, -0.2) is 0 Å². The molecule has 2 atom stereocenters. The number of aliphatic imine (C=N–C) groups is 1. The molecule has 2 heterocycles. The molecule has 2 unspecified atom stereocenters. The molecule has 0 radical (unpaired) electrons. The van der Waals surface area contributed by atoms with Crippen LogP contribution in [0.25, 0.3) is 0 Å². The number of ether oxygens (including phenoxy) is 2. The summed E-state index contributed by atoms with van der Waals surface area (Å²) in [6.07, 6.45) is 3.66. The summed E-state index contributed by atoms with van der Waals surface area (Å²) < 4.78 is 10.8. The van der Waals surface area contributed by atoms with E-state index in [1.807, 2.05) is 13.1 Å². The van der Waals surface area contributed by atoms with E-state index >= 15 is 0 Å². The lowest BCUT2D eigenvalue weighted by Gasteiger charge is -2.30. The van der Waals surface area contributed by atoms with Crippen LogP contribution in [0.4, 0.5) is 5.69 Å². The summed E-state index contributed by atoms with van der Waals surface area (Å²) in [5.41, 5.74) is 1.13. The zero-order valence-electron chi connectivity index (χ0n) is 17.7. The number of guanidine groups is 1. The summed E-state index contributed by atoms with van der Waals surface area (Å²) in [6, 6.07) is 6.41. The summed E-state index contributed by atoms with van der Waals surface area (Å²) >= 11 is 0. The first-order valence-electron chi connectivity index (χ1n) is 10.2. The lowest BCUT2D eigenvalue weighted by molar-refractivity contribution is 0.210. The van der Waals surface area contributed by atoms with Crippen LogP contribution in [0.1, 0.15) is 19.3 Å². The van der Waals surface area contributed by atoms with Crippen molar-refractivity contribution in [2.45, 2.75) is 25.3 Å². The fourth-order valence-corrected chi connectivity index (χ4v) is 4.16. The number of nitrogens with one attached hydrogen (secondary N) is 2. The van der Waals surface area contributed by atoms with E-state index in [4.69, 9.17) is 9.47 Å². The van der Waals surface area contributed by atoms with Crippen LogP contribution in [-0.4, -0.2) is 77.9 Å². The molecule has 2 aliphatic rings. The van der Waals surface area contributed by atoms with Gasteiger partial charge < -0.3 is 29.9 Å². The molecule has 7 nitrogen and oxygen atoms in total. The fraction of sp³-hybridized carbons (Fsp3) is 0.667. The highest BCUT2D eigenvalue weighted by molar-refractivity contribution is 5.80. The first-order valence-corrected chi connectivity index (χ1v) is 10.2. The highest BCUT2D eigenvalue weighted by Gasteiger charge is 2.25. The highest BCUT2D eigenvalue weighted by Crippen LogP contribution is 2.30. The van der Waals surface area contributed by atoms with Crippen LogP contribution < -0.4 is 25.0 Å². The first kappa shape index (κ1) is 20.6.